The van der Waals surface area contributed by atoms with Gasteiger partial charge in [0.25, 0.3) is 11.5 Å². The maximum absolute atomic E-state index is 12.9. The minimum absolute atomic E-state index is 0.0253. The van der Waals surface area contributed by atoms with Gasteiger partial charge in [0.2, 0.25) is 0 Å². The quantitative estimate of drug-likeness (QED) is 0.409. The van der Waals surface area contributed by atoms with Crippen molar-refractivity contribution in [3.8, 4) is 11.5 Å². The van der Waals surface area contributed by atoms with Crippen LogP contribution < -0.4 is 20.3 Å². The summed E-state index contributed by atoms with van der Waals surface area (Å²) >= 11 is 1.31. The van der Waals surface area contributed by atoms with E-state index in [9.17, 15) is 14.4 Å². The average molecular weight is 469 g/mol. The molecule has 0 atom stereocenters. The SMILES string of the molecule is COc1cc(NC(=O)c2ccco2)c(C(=O)OCc2cc(=O)n3c(C)csc3n2)cc1OC. The van der Waals surface area contributed by atoms with Crippen LogP contribution in [0.5, 0.6) is 11.5 Å². The summed E-state index contributed by atoms with van der Waals surface area (Å²) in [4.78, 5) is 42.6. The van der Waals surface area contributed by atoms with Gasteiger partial charge in [-0.1, -0.05) is 0 Å². The predicted octanol–water partition coefficient (Wildman–Crippen LogP) is 3.28. The fourth-order valence-electron chi connectivity index (χ4n) is 3.14. The number of furan rings is 1. The first-order valence-corrected chi connectivity index (χ1v) is 10.5. The highest BCUT2D eigenvalue weighted by Crippen LogP contribution is 2.34. The van der Waals surface area contributed by atoms with Gasteiger partial charge in [0.1, 0.15) is 6.61 Å². The Kier molecular flexibility index (Phi) is 6.13. The highest BCUT2D eigenvalue weighted by molar-refractivity contribution is 7.15. The van der Waals surface area contributed by atoms with E-state index in [1.807, 2.05) is 12.3 Å². The van der Waals surface area contributed by atoms with Crippen molar-refractivity contribution in [3.05, 3.63) is 75.0 Å². The van der Waals surface area contributed by atoms with Gasteiger partial charge in [-0.3, -0.25) is 14.0 Å². The normalized spacial score (nSPS) is 10.8. The lowest BCUT2D eigenvalue weighted by atomic mass is 10.1. The molecule has 4 aromatic rings. The molecule has 0 aliphatic rings. The summed E-state index contributed by atoms with van der Waals surface area (Å²) in [5, 5.41) is 4.43. The third kappa shape index (κ3) is 4.44. The topological polar surface area (TPSA) is 121 Å². The number of rotatable bonds is 7. The largest absolute Gasteiger partial charge is 0.493 e. The van der Waals surface area contributed by atoms with Gasteiger partial charge in [-0.05, 0) is 19.1 Å². The molecule has 1 amide bonds. The minimum atomic E-state index is -0.755. The van der Waals surface area contributed by atoms with E-state index in [0.717, 1.165) is 5.69 Å². The highest BCUT2D eigenvalue weighted by Gasteiger charge is 2.21. The van der Waals surface area contributed by atoms with Crippen molar-refractivity contribution in [2.24, 2.45) is 0 Å². The van der Waals surface area contributed by atoms with Crippen LogP contribution in [0.4, 0.5) is 5.69 Å². The third-order valence-electron chi connectivity index (χ3n) is 4.72. The molecule has 10 nitrogen and oxygen atoms in total. The Balaban J connectivity index is 1.61. The summed E-state index contributed by atoms with van der Waals surface area (Å²) in [5.41, 5.74) is 0.978. The van der Waals surface area contributed by atoms with Crippen LogP contribution in [0.2, 0.25) is 0 Å². The fraction of sp³-hybridized carbons (Fsp3) is 0.182. The first-order chi connectivity index (χ1) is 15.9. The Morgan fingerprint density at radius 1 is 1.18 bits per heavy atom. The van der Waals surface area contributed by atoms with E-state index < -0.39 is 11.9 Å². The van der Waals surface area contributed by atoms with Gasteiger partial charge in [0, 0.05) is 29.3 Å². The maximum atomic E-state index is 12.9. The van der Waals surface area contributed by atoms with Crippen LogP contribution in [0.1, 0.15) is 32.3 Å². The lowest BCUT2D eigenvalue weighted by molar-refractivity contribution is 0.0468. The van der Waals surface area contributed by atoms with Crippen molar-refractivity contribution < 1.29 is 28.2 Å². The summed E-state index contributed by atoms with van der Waals surface area (Å²) in [7, 11) is 2.85. The van der Waals surface area contributed by atoms with E-state index in [0.29, 0.717) is 16.4 Å². The van der Waals surface area contributed by atoms with Crippen LogP contribution in [0.3, 0.4) is 0 Å². The molecule has 4 rings (SSSR count). The van der Waals surface area contributed by atoms with Crippen LogP contribution in [0.15, 0.2) is 51.2 Å². The van der Waals surface area contributed by atoms with Crippen molar-refractivity contribution in [2.45, 2.75) is 13.5 Å². The highest BCUT2D eigenvalue weighted by atomic mass is 32.1. The number of hydrogen-bond donors (Lipinski definition) is 1. The first-order valence-electron chi connectivity index (χ1n) is 9.66. The molecule has 1 N–H and O–H groups in total. The number of benzene rings is 1. The third-order valence-corrected chi connectivity index (χ3v) is 5.66. The summed E-state index contributed by atoms with van der Waals surface area (Å²) in [6.07, 6.45) is 1.36. The number of esters is 1. The first kappa shape index (κ1) is 22.1. The molecular formula is C22H19N3O7S. The van der Waals surface area contributed by atoms with Gasteiger partial charge in [0.15, 0.2) is 22.2 Å². The van der Waals surface area contributed by atoms with Crippen molar-refractivity contribution in [3.63, 3.8) is 0 Å². The molecule has 0 aliphatic carbocycles. The van der Waals surface area contributed by atoms with Gasteiger partial charge in [0.05, 0.1) is 37.4 Å². The number of thiazole rings is 1. The van der Waals surface area contributed by atoms with E-state index in [2.05, 4.69) is 10.3 Å². The monoisotopic (exact) mass is 469 g/mol. The maximum Gasteiger partial charge on any atom is 0.340 e. The summed E-state index contributed by atoms with van der Waals surface area (Å²) in [6, 6.07) is 7.21. The zero-order valence-corrected chi connectivity index (χ0v) is 18.7. The molecule has 0 fully saturated rings. The van der Waals surface area contributed by atoms with E-state index in [-0.39, 0.29) is 34.9 Å². The number of carbonyl (C=O) groups is 2. The Morgan fingerprint density at radius 3 is 2.64 bits per heavy atom. The number of anilines is 1. The molecule has 0 unspecified atom stereocenters. The minimum Gasteiger partial charge on any atom is -0.493 e. The molecule has 0 spiro atoms. The predicted molar refractivity (Wildman–Crippen MR) is 119 cm³/mol. The van der Waals surface area contributed by atoms with Gasteiger partial charge in [-0.2, -0.15) is 0 Å². The van der Waals surface area contributed by atoms with Gasteiger partial charge < -0.3 is 23.9 Å². The molecule has 170 valence electrons. The van der Waals surface area contributed by atoms with Gasteiger partial charge >= 0.3 is 5.97 Å². The Hall–Kier alpha value is -4.12. The lowest BCUT2D eigenvalue weighted by Gasteiger charge is -2.15. The zero-order valence-electron chi connectivity index (χ0n) is 17.9. The lowest BCUT2D eigenvalue weighted by Crippen LogP contribution is -2.18. The molecule has 3 heterocycles. The second-order valence-corrected chi connectivity index (χ2v) is 7.68. The van der Waals surface area contributed by atoms with E-state index in [1.165, 1.54) is 60.5 Å². The number of aromatic nitrogens is 2. The Morgan fingerprint density at radius 2 is 1.94 bits per heavy atom. The van der Waals surface area contributed by atoms with E-state index >= 15 is 0 Å². The standard InChI is InChI=1S/C22H19N3O7S/c1-12-11-33-22-23-13(7-19(26)25(12)22)10-32-21(28)14-8-17(29-2)18(30-3)9-15(14)24-20(27)16-5-4-6-31-16/h4-9,11H,10H2,1-3H3,(H,24,27). The van der Waals surface area contributed by atoms with Crippen LogP contribution in [0, 0.1) is 6.92 Å². The molecule has 33 heavy (non-hydrogen) atoms. The smallest absolute Gasteiger partial charge is 0.340 e. The van der Waals surface area contributed by atoms with Crippen LogP contribution in [0.25, 0.3) is 4.96 Å². The van der Waals surface area contributed by atoms with Gasteiger partial charge in [-0.15, -0.1) is 11.3 Å². The van der Waals surface area contributed by atoms with Crippen molar-refractivity contribution in [1.82, 2.24) is 9.38 Å². The Labute approximate surface area is 191 Å². The molecular weight excluding hydrogens is 450 g/mol. The molecule has 0 radical (unpaired) electrons. The second kappa shape index (κ2) is 9.17. The summed E-state index contributed by atoms with van der Waals surface area (Å²) < 4.78 is 22.5. The van der Waals surface area contributed by atoms with Crippen molar-refractivity contribution in [1.29, 1.82) is 0 Å². The Bertz CT molecular complexity index is 1390. The number of fused-ring (bicyclic) bond motifs is 1. The second-order valence-electron chi connectivity index (χ2n) is 6.84. The number of methoxy groups -OCH3 is 2. The van der Waals surface area contributed by atoms with E-state index in [1.54, 1.807) is 6.07 Å². The molecule has 0 aliphatic heterocycles. The van der Waals surface area contributed by atoms with Crippen LogP contribution in [-0.4, -0.2) is 35.5 Å². The van der Waals surface area contributed by atoms with Crippen LogP contribution in [-0.2, 0) is 11.3 Å². The summed E-state index contributed by atoms with van der Waals surface area (Å²) in [5.74, 6) is -0.679. The number of carbonyl (C=O) groups excluding carboxylic acids is 2. The molecule has 3 aromatic heterocycles. The number of nitrogens with one attached hydrogen (secondary N) is 1. The number of amides is 1. The number of nitrogens with zero attached hydrogens (tertiary/aromatic N) is 2. The molecule has 1 aromatic carbocycles. The molecule has 0 saturated carbocycles. The number of ether oxygens (including phenoxy) is 3. The van der Waals surface area contributed by atoms with Gasteiger partial charge in [-0.25, -0.2) is 9.78 Å². The van der Waals surface area contributed by atoms with Crippen LogP contribution >= 0.6 is 11.3 Å². The van der Waals surface area contributed by atoms with Crippen molar-refractivity contribution >= 4 is 33.9 Å². The van der Waals surface area contributed by atoms with E-state index in [4.69, 9.17) is 18.6 Å². The number of hydrogen-bond acceptors (Lipinski definition) is 9. The summed E-state index contributed by atoms with van der Waals surface area (Å²) in [6.45, 7) is 1.57. The molecule has 11 heteroatoms. The van der Waals surface area contributed by atoms with Crippen molar-refractivity contribution in [2.75, 3.05) is 19.5 Å². The number of aryl methyl sites for hydroxylation is 1. The fourth-order valence-corrected chi connectivity index (χ4v) is 4.03. The molecule has 0 saturated heterocycles. The zero-order chi connectivity index (χ0) is 23.5. The average Bonchev–Trinajstić information content (AvgIpc) is 3.47. The molecule has 0 bridgehead atoms.